The number of halogens is 3. The van der Waals surface area contributed by atoms with Crippen LogP contribution >= 0.6 is 15.9 Å². The first-order valence-electron chi connectivity index (χ1n) is 6.13. The maximum absolute atomic E-state index is 13.8. The molecule has 2 N–H and O–H groups in total. The molecule has 1 aliphatic rings. The molecule has 1 fully saturated rings. The average Bonchev–Trinajstić information content (AvgIpc) is 2.30. The van der Waals surface area contributed by atoms with Gasteiger partial charge in [0.05, 0.1) is 0 Å². The highest BCUT2D eigenvalue weighted by molar-refractivity contribution is 9.10. The highest BCUT2D eigenvalue weighted by Gasteiger charge is 2.35. The lowest BCUT2D eigenvalue weighted by molar-refractivity contribution is 0.252. The van der Waals surface area contributed by atoms with Crippen LogP contribution in [0.4, 0.5) is 8.78 Å². The summed E-state index contributed by atoms with van der Waals surface area (Å²) in [5, 5.41) is 0. The predicted molar refractivity (Wildman–Crippen MR) is 74.6 cm³/mol. The fourth-order valence-corrected chi connectivity index (χ4v) is 4.80. The van der Waals surface area contributed by atoms with Gasteiger partial charge >= 0.3 is 0 Å². The van der Waals surface area contributed by atoms with E-state index in [1.54, 1.807) is 0 Å². The fraction of sp³-hybridized carbons (Fsp3) is 0.500. The van der Waals surface area contributed by atoms with E-state index in [2.05, 4.69) is 15.9 Å². The zero-order valence-electron chi connectivity index (χ0n) is 10.8. The highest BCUT2D eigenvalue weighted by Crippen LogP contribution is 2.30. The number of hydrogen-bond acceptors (Lipinski definition) is 3. The standard InChI is InChI=1S/C12H15BrF2N2O2S/c1-7-2-3-17(6-11(7)16)20(18,19)12-9(13)4-8(14)5-10(12)15/h4-5,7,11H,2-3,6,16H2,1H3. The van der Waals surface area contributed by atoms with Gasteiger partial charge < -0.3 is 5.73 Å². The van der Waals surface area contributed by atoms with Crippen LogP contribution in [0.2, 0.25) is 0 Å². The summed E-state index contributed by atoms with van der Waals surface area (Å²) in [5.41, 5.74) is 5.87. The zero-order chi connectivity index (χ0) is 15.1. The summed E-state index contributed by atoms with van der Waals surface area (Å²) < 4.78 is 52.9. The van der Waals surface area contributed by atoms with E-state index in [1.807, 2.05) is 6.92 Å². The summed E-state index contributed by atoms with van der Waals surface area (Å²) in [6.45, 7) is 2.36. The van der Waals surface area contributed by atoms with Crippen molar-refractivity contribution >= 4 is 26.0 Å². The van der Waals surface area contributed by atoms with Crippen molar-refractivity contribution in [2.45, 2.75) is 24.3 Å². The quantitative estimate of drug-likeness (QED) is 0.868. The predicted octanol–water partition coefficient (Wildman–Crippen LogP) is 2.09. The lowest BCUT2D eigenvalue weighted by atomic mass is 9.96. The van der Waals surface area contributed by atoms with Crippen LogP contribution < -0.4 is 5.73 Å². The fourth-order valence-electron chi connectivity index (χ4n) is 2.19. The van der Waals surface area contributed by atoms with Crippen molar-refractivity contribution in [3.63, 3.8) is 0 Å². The van der Waals surface area contributed by atoms with Gasteiger partial charge in [0.1, 0.15) is 16.5 Å². The van der Waals surface area contributed by atoms with Gasteiger partial charge in [0.25, 0.3) is 0 Å². The van der Waals surface area contributed by atoms with E-state index in [1.165, 1.54) is 0 Å². The van der Waals surface area contributed by atoms with E-state index in [-0.39, 0.29) is 29.5 Å². The van der Waals surface area contributed by atoms with Gasteiger partial charge in [0.2, 0.25) is 10.0 Å². The van der Waals surface area contributed by atoms with Gasteiger partial charge in [-0.3, -0.25) is 0 Å². The van der Waals surface area contributed by atoms with Crippen molar-refractivity contribution in [2.24, 2.45) is 11.7 Å². The molecule has 0 radical (unpaired) electrons. The number of nitrogens with zero attached hydrogens (tertiary/aromatic N) is 1. The topological polar surface area (TPSA) is 63.4 Å². The Morgan fingerprint density at radius 1 is 1.40 bits per heavy atom. The van der Waals surface area contributed by atoms with Crippen molar-refractivity contribution in [3.05, 3.63) is 28.2 Å². The van der Waals surface area contributed by atoms with Crippen molar-refractivity contribution in [2.75, 3.05) is 13.1 Å². The van der Waals surface area contributed by atoms with Gasteiger partial charge in [-0.25, -0.2) is 17.2 Å². The van der Waals surface area contributed by atoms with Crippen LogP contribution in [0, 0.1) is 17.6 Å². The lowest BCUT2D eigenvalue weighted by Gasteiger charge is -2.34. The number of piperidine rings is 1. The van der Waals surface area contributed by atoms with Crippen LogP contribution in [0.25, 0.3) is 0 Å². The Balaban J connectivity index is 2.41. The third-order valence-corrected chi connectivity index (χ3v) is 6.37. The van der Waals surface area contributed by atoms with E-state index < -0.39 is 26.6 Å². The first-order chi connectivity index (χ1) is 9.23. The average molecular weight is 369 g/mol. The van der Waals surface area contributed by atoms with Crippen LogP contribution in [-0.4, -0.2) is 31.9 Å². The molecule has 1 aliphatic heterocycles. The third-order valence-electron chi connectivity index (χ3n) is 3.54. The van der Waals surface area contributed by atoms with E-state index in [0.29, 0.717) is 12.5 Å². The molecule has 4 nitrogen and oxygen atoms in total. The molecule has 0 aromatic heterocycles. The molecule has 0 bridgehead atoms. The molecular formula is C12H15BrF2N2O2S. The molecule has 0 spiro atoms. The minimum atomic E-state index is -4.03. The van der Waals surface area contributed by atoms with Gasteiger partial charge in [-0.05, 0) is 34.3 Å². The Morgan fingerprint density at radius 2 is 2.05 bits per heavy atom. The first kappa shape index (κ1) is 15.8. The molecule has 2 rings (SSSR count). The van der Waals surface area contributed by atoms with E-state index in [9.17, 15) is 17.2 Å². The molecule has 1 aromatic carbocycles. The largest absolute Gasteiger partial charge is 0.326 e. The normalized spacial score (nSPS) is 24.9. The number of hydrogen-bond donors (Lipinski definition) is 1. The van der Waals surface area contributed by atoms with Gasteiger partial charge in [-0.1, -0.05) is 6.92 Å². The Morgan fingerprint density at radius 3 is 2.60 bits per heavy atom. The molecule has 20 heavy (non-hydrogen) atoms. The minimum absolute atomic E-state index is 0.123. The summed E-state index contributed by atoms with van der Waals surface area (Å²) in [7, 11) is -4.03. The van der Waals surface area contributed by atoms with Crippen LogP contribution in [0.15, 0.2) is 21.5 Å². The highest BCUT2D eigenvalue weighted by atomic mass is 79.9. The molecule has 8 heteroatoms. The first-order valence-corrected chi connectivity index (χ1v) is 8.37. The van der Waals surface area contributed by atoms with Crippen LogP contribution in [-0.2, 0) is 10.0 Å². The second-order valence-corrected chi connectivity index (χ2v) is 7.72. The number of sulfonamides is 1. The summed E-state index contributed by atoms with van der Waals surface area (Å²) in [4.78, 5) is -0.541. The minimum Gasteiger partial charge on any atom is -0.326 e. The van der Waals surface area contributed by atoms with Crippen molar-refractivity contribution < 1.29 is 17.2 Å². The van der Waals surface area contributed by atoms with Gasteiger partial charge in [0.15, 0.2) is 0 Å². The summed E-state index contributed by atoms with van der Waals surface area (Å²) >= 11 is 2.91. The molecule has 0 aliphatic carbocycles. The Labute approximate surface area is 125 Å². The molecule has 2 unspecified atom stereocenters. The van der Waals surface area contributed by atoms with Crippen LogP contribution in [0.5, 0.6) is 0 Å². The molecule has 112 valence electrons. The summed E-state index contributed by atoms with van der Waals surface area (Å²) in [5.74, 6) is -1.73. The molecule has 0 saturated carbocycles. The number of rotatable bonds is 2. The Hall–Kier alpha value is -0.570. The van der Waals surface area contributed by atoms with E-state index >= 15 is 0 Å². The van der Waals surface area contributed by atoms with Crippen LogP contribution in [0.3, 0.4) is 0 Å². The summed E-state index contributed by atoms with van der Waals surface area (Å²) in [6.07, 6.45) is 0.612. The van der Waals surface area contributed by atoms with Gasteiger partial charge in [0, 0.05) is 29.7 Å². The Bertz CT molecular complexity index is 601. The molecule has 1 aromatic rings. The maximum atomic E-state index is 13.8. The van der Waals surface area contributed by atoms with E-state index in [4.69, 9.17) is 5.73 Å². The third kappa shape index (κ3) is 2.88. The number of benzene rings is 1. The van der Waals surface area contributed by atoms with Crippen molar-refractivity contribution in [1.29, 1.82) is 0 Å². The lowest BCUT2D eigenvalue weighted by Crippen LogP contribution is -2.49. The molecule has 2 atom stereocenters. The van der Waals surface area contributed by atoms with Gasteiger partial charge in [-0.15, -0.1) is 0 Å². The van der Waals surface area contributed by atoms with E-state index in [0.717, 1.165) is 10.4 Å². The molecule has 1 saturated heterocycles. The molecule has 1 heterocycles. The second kappa shape index (κ2) is 5.67. The van der Waals surface area contributed by atoms with Crippen molar-refractivity contribution in [3.8, 4) is 0 Å². The summed E-state index contributed by atoms with van der Waals surface area (Å²) in [6, 6.07) is 1.20. The monoisotopic (exact) mass is 368 g/mol. The molecule has 0 amide bonds. The number of nitrogens with two attached hydrogens (primary N) is 1. The SMILES string of the molecule is CC1CCN(S(=O)(=O)c2c(F)cc(F)cc2Br)CC1N. The maximum Gasteiger partial charge on any atom is 0.247 e. The molecular weight excluding hydrogens is 354 g/mol. The van der Waals surface area contributed by atoms with Crippen molar-refractivity contribution in [1.82, 2.24) is 4.31 Å². The zero-order valence-corrected chi connectivity index (χ0v) is 13.2. The smallest absolute Gasteiger partial charge is 0.247 e. The second-order valence-electron chi connectivity index (χ2n) is 4.99. The van der Waals surface area contributed by atoms with Crippen LogP contribution in [0.1, 0.15) is 13.3 Å². The van der Waals surface area contributed by atoms with Gasteiger partial charge in [-0.2, -0.15) is 4.31 Å². The Kier molecular flexibility index (Phi) is 4.48.